The van der Waals surface area contributed by atoms with E-state index in [9.17, 15) is 13.2 Å². The Bertz CT molecular complexity index is 706. The molecule has 1 aromatic rings. The first-order valence-corrected chi connectivity index (χ1v) is 10.7. The number of hydrogen-bond donors (Lipinski definition) is 0. The highest BCUT2D eigenvalue weighted by molar-refractivity contribution is 7.89. The van der Waals surface area contributed by atoms with Crippen LogP contribution in [-0.4, -0.2) is 87.5 Å². The molecule has 2 fully saturated rings. The molecule has 7 nitrogen and oxygen atoms in total. The van der Waals surface area contributed by atoms with E-state index in [-0.39, 0.29) is 10.8 Å². The van der Waals surface area contributed by atoms with Crippen molar-refractivity contribution >= 4 is 15.9 Å². The molecule has 2 saturated heterocycles. The summed E-state index contributed by atoms with van der Waals surface area (Å²) in [5, 5.41) is 0. The molecular formula is C18H27N3O4S. The first kappa shape index (κ1) is 19.3. The number of amides is 1. The van der Waals surface area contributed by atoms with Gasteiger partial charge in [-0.3, -0.25) is 9.69 Å². The first-order chi connectivity index (χ1) is 12.5. The zero-order chi connectivity index (χ0) is 18.6. The molecule has 0 saturated carbocycles. The number of carbonyl (C=O) groups is 1. The van der Waals surface area contributed by atoms with Gasteiger partial charge >= 0.3 is 0 Å². The van der Waals surface area contributed by atoms with E-state index in [4.69, 9.17) is 4.74 Å². The highest BCUT2D eigenvalue weighted by Crippen LogP contribution is 2.18. The molecule has 0 bridgehead atoms. The van der Waals surface area contributed by atoms with Gasteiger partial charge in [0.25, 0.3) is 5.91 Å². The van der Waals surface area contributed by atoms with Gasteiger partial charge in [-0.1, -0.05) is 6.92 Å². The van der Waals surface area contributed by atoms with Crippen LogP contribution in [0, 0.1) is 0 Å². The number of ether oxygens (including phenoxy) is 1. The lowest BCUT2D eigenvalue weighted by Gasteiger charge is -2.34. The van der Waals surface area contributed by atoms with E-state index in [1.807, 2.05) is 4.90 Å². The summed E-state index contributed by atoms with van der Waals surface area (Å²) in [5.41, 5.74) is 0.537. The monoisotopic (exact) mass is 381 g/mol. The lowest BCUT2D eigenvalue weighted by atomic mass is 10.2. The molecule has 3 rings (SSSR count). The molecule has 0 radical (unpaired) electrons. The molecule has 2 aliphatic heterocycles. The van der Waals surface area contributed by atoms with Gasteiger partial charge in [-0.2, -0.15) is 4.31 Å². The predicted octanol–water partition coefficient (Wildman–Crippen LogP) is 0.875. The molecule has 0 N–H and O–H groups in total. The lowest BCUT2D eigenvalue weighted by molar-refractivity contribution is 0.0637. The SMILES string of the molecule is CCCN1CCN(C(=O)c2ccc(S(=O)(=O)N3CCOCC3)cc2)CC1. The molecule has 0 spiro atoms. The summed E-state index contributed by atoms with van der Waals surface area (Å²) in [7, 11) is -3.52. The van der Waals surface area contributed by atoms with E-state index in [2.05, 4.69) is 11.8 Å². The Kier molecular flexibility index (Phi) is 6.29. The Labute approximate surface area is 155 Å². The van der Waals surface area contributed by atoms with E-state index >= 15 is 0 Å². The van der Waals surface area contributed by atoms with Crippen molar-refractivity contribution in [2.75, 3.05) is 59.0 Å². The van der Waals surface area contributed by atoms with Crippen molar-refractivity contribution < 1.29 is 17.9 Å². The minimum atomic E-state index is -3.52. The average Bonchev–Trinajstić information content (AvgIpc) is 2.69. The van der Waals surface area contributed by atoms with Crippen molar-refractivity contribution in [3.8, 4) is 0 Å². The van der Waals surface area contributed by atoms with Gasteiger partial charge < -0.3 is 9.64 Å². The van der Waals surface area contributed by atoms with Crippen LogP contribution in [0.3, 0.4) is 0 Å². The zero-order valence-electron chi connectivity index (χ0n) is 15.3. The summed E-state index contributed by atoms with van der Waals surface area (Å²) in [6, 6.07) is 6.30. The molecule has 144 valence electrons. The quantitative estimate of drug-likeness (QED) is 0.757. The van der Waals surface area contributed by atoms with Crippen LogP contribution in [0.2, 0.25) is 0 Å². The second kappa shape index (κ2) is 8.47. The van der Waals surface area contributed by atoms with Gasteiger partial charge in [0.2, 0.25) is 10.0 Å². The highest BCUT2D eigenvalue weighted by Gasteiger charge is 2.27. The maximum atomic E-state index is 12.7. The standard InChI is InChI=1S/C18H27N3O4S/c1-2-7-19-8-10-20(11-9-19)18(22)16-3-5-17(6-4-16)26(23,24)21-12-14-25-15-13-21/h3-6H,2,7-15H2,1H3. The number of hydrogen-bond acceptors (Lipinski definition) is 5. The van der Waals surface area contributed by atoms with E-state index in [0.29, 0.717) is 45.0 Å². The van der Waals surface area contributed by atoms with E-state index in [0.717, 1.165) is 26.1 Å². The fraction of sp³-hybridized carbons (Fsp3) is 0.611. The summed E-state index contributed by atoms with van der Waals surface area (Å²) < 4.78 is 31.9. The zero-order valence-corrected chi connectivity index (χ0v) is 16.1. The summed E-state index contributed by atoms with van der Waals surface area (Å²) >= 11 is 0. The maximum Gasteiger partial charge on any atom is 0.253 e. The Morgan fingerprint density at radius 1 is 1.00 bits per heavy atom. The normalized spacial score (nSPS) is 20.3. The Morgan fingerprint density at radius 2 is 1.62 bits per heavy atom. The maximum absolute atomic E-state index is 12.7. The number of rotatable bonds is 5. The van der Waals surface area contributed by atoms with Crippen LogP contribution in [0.5, 0.6) is 0 Å². The van der Waals surface area contributed by atoms with Crippen LogP contribution in [-0.2, 0) is 14.8 Å². The molecule has 8 heteroatoms. The summed E-state index contributed by atoms with van der Waals surface area (Å²) in [5.74, 6) is -0.0310. The van der Waals surface area contributed by atoms with Crippen LogP contribution in [0.1, 0.15) is 23.7 Å². The summed E-state index contributed by atoms with van der Waals surface area (Å²) in [6.07, 6.45) is 1.12. The van der Waals surface area contributed by atoms with Crippen LogP contribution < -0.4 is 0 Å². The molecule has 26 heavy (non-hydrogen) atoms. The number of benzene rings is 1. The summed E-state index contributed by atoms with van der Waals surface area (Å²) in [6.45, 7) is 8.00. The van der Waals surface area contributed by atoms with Crippen molar-refractivity contribution in [3.63, 3.8) is 0 Å². The third kappa shape index (κ3) is 4.25. The predicted molar refractivity (Wildman–Crippen MR) is 98.7 cm³/mol. The molecule has 0 atom stereocenters. The van der Waals surface area contributed by atoms with Gasteiger partial charge in [0.15, 0.2) is 0 Å². The fourth-order valence-corrected chi connectivity index (χ4v) is 4.79. The lowest BCUT2D eigenvalue weighted by Crippen LogP contribution is -2.48. The van der Waals surface area contributed by atoms with Gasteiger partial charge in [0, 0.05) is 44.8 Å². The van der Waals surface area contributed by atoms with E-state index in [1.165, 1.54) is 16.4 Å². The van der Waals surface area contributed by atoms with Gasteiger partial charge in [-0.15, -0.1) is 0 Å². The number of morpholine rings is 1. The van der Waals surface area contributed by atoms with Crippen LogP contribution in [0.15, 0.2) is 29.2 Å². The molecule has 2 aliphatic rings. The first-order valence-electron chi connectivity index (χ1n) is 9.22. The van der Waals surface area contributed by atoms with Gasteiger partial charge in [0.05, 0.1) is 18.1 Å². The average molecular weight is 381 g/mol. The van der Waals surface area contributed by atoms with Crippen molar-refractivity contribution in [3.05, 3.63) is 29.8 Å². The molecular weight excluding hydrogens is 354 g/mol. The molecule has 2 heterocycles. The minimum Gasteiger partial charge on any atom is -0.379 e. The molecule has 1 amide bonds. The number of nitrogens with zero attached hydrogens (tertiary/aromatic N) is 3. The van der Waals surface area contributed by atoms with E-state index < -0.39 is 10.0 Å². The number of piperazine rings is 1. The minimum absolute atomic E-state index is 0.0310. The second-order valence-electron chi connectivity index (χ2n) is 6.67. The van der Waals surface area contributed by atoms with Gasteiger partial charge in [0.1, 0.15) is 0 Å². The van der Waals surface area contributed by atoms with Gasteiger partial charge in [-0.25, -0.2) is 8.42 Å². The number of sulfonamides is 1. The van der Waals surface area contributed by atoms with Crippen LogP contribution >= 0.6 is 0 Å². The van der Waals surface area contributed by atoms with Crippen molar-refractivity contribution in [2.45, 2.75) is 18.2 Å². The Hall–Kier alpha value is -1.48. The Balaban J connectivity index is 1.65. The van der Waals surface area contributed by atoms with E-state index in [1.54, 1.807) is 12.1 Å². The molecule has 1 aromatic carbocycles. The molecule has 0 unspecified atom stereocenters. The fourth-order valence-electron chi connectivity index (χ4n) is 3.38. The van der Waals surface area contributed by atoms with Gasteiger partial charge in [-0.05, 0) is 37.2 Å². The smallest absolute Gasteiger partial charge is 0.253 e. The molecule has 0 aromatic heterocycles. The van der Waals surface area contributed by atoms with Crippen molar-refractivity contribution in [2.24, 2.45) is 0 Å². The van der Waals surface area contributed by atoms with Crippen molar-refractivity contribution in [1.82, 2.24) is 14.1 Å². The molecule has 0 aliphatic carbocycles. The largest absolute Gasteiger partial charge is 0.379 e. The van der Waals surface area contributed by atoms with Crippen molar-refractivity contribution in [1.29, 1.82) is 0 Å². The summed E-state index contributed by atoms with van der Waals surface area (Å²) in [4.78, 5) is 17.1. The van der Waals surface area contributed by atoms with Crippen LogP contribution in [0.25, 0.3) is 0 Å². The number of carbonyl (C=O) groups excluding carboxylic acids is 1. The highest BCUT2D eigenvalue weighted by atomic mass is 32.2. The van der Waals surface area contributed by atoms with Crippen LogP contribution in [0.4, 0.5) is 0 Å². The third-order valence-corrected chi connectivity index (χ3v) is 6.82. The Morgan fingerprint density at radius 3 is 2.19 bits per heavy atom. The third-order valence-electron chi connectivity index (χ3n) is 4.91. The topological polar surface area (TPSA) is 70.2 Å². The second-order valence-corrected chi connectivity index (χ2v) is 8.61.